The molecular formula is C12H13Cl2FN2O3. The van der Waals surface area contributed by atoms with Crippen LogP contribution in [0.25, 0.3) is 0 Å². The second-order valence-electron chi connectivity index (χ2n) is 3.91. The molecule has 20 heavy (non-hydrogen) atoms. The van der Waals surface area contributed by atoms with E-state index in [2.05, 4.69) is 15.4 Å². The number of anilines is 1. The van der Waals surface area contributed by atoms with Gasteiger partial charge in [0.05, 0.1) is 17.2 Å². The van der Waals surface area contributed by atoms with Gasteiger partial charge in [0, 0.05) is 19.2 Å². The Morgan fingerprint density at radius 3 is 2.35 bits per heavy atom. The number of methoxy groups -OCH3 is 1. The van der Waals surface area contributed by atoms with Gasteiger partial charge in [0.15, 0.2) is 5.82 Å². The SMILES string of the molecule is COC(=O)C(CNc1cc(Cl)c(F)c(Cl)c1)NC(C)=O. The number of halogens is 3. The van der Waals surface area contributed by atoms with Crippen molar-refractivity contribution in [1.82, 2.24) is 5.32 Å². The van der Waals surface area contributed by atoms with E-state index in [9.17, 15) is 14.0 Å². The first kappa shape index (κ1) is 16.5. The van der Waals surface area contributed by atoms with Gasteiger partial charge in [0.2, 0.25) is 5.91 Å². The van der Waals surface area contributed by atoms with E-state index in [-0.39, 0.29) is 22.5 Å². The third-order valence-corrected chi connectivity index (χ3v) is 2.91. The van der Waals surface area contributed by atoms with Crippen molar-refractivity contribution in [2.24, 2.45) is 0 Å². The molecule has 0 aliphatic carbocycles. The van der Waals surface area contributed by atoms with Crippen LogP contribution in [0, 0.1) is 5.82 Å². The third-order valence-electron chi connectivity index (χ3n) is 2.36. The van der Waals surface area contributed by atoms with Crippen LogP contribution in [0.2, 0.25) is 10.0 Å². The maximum Gasteiger partial charge on any atom is 0.330 e. The van der Waals surface area contributed by atoms with Gasteiger partial charge in [-0.3, -0.25) is 4.79 Å². The molecule has 5 nitrogen and oxygen atoms in total. The summed E-state index contributed by atoms with van der Waals surface area (Å²) in [7, 11) is 1.21. The van der Waals surface area contributed by atoms with Crippen molar-refractivity contribution in [3.8, 4) is 0 Å². The average molecular weight is 323 g/mol. The Morgan fingerprint density at radius 2 is 1.90 bits per heavy atom. The maximum absolute atomic E-state index is 13.2. The molecule has 0 bridgehead atoms. The van der Waals surface area contributed by atoms with E-state index < -0.39 is 17.8 Å². The third kappa shape index (κ3) is 4.54. The summed E-state index contributed by atoms with van der Waals surface area (Å²) < 4.78 is 17.8. The molecule has 0 spiro atoms. The number of hydrogen-bond acceptors (Lipinski definition) is 4. The fourth-order valence-corrected chi connectivity index (χ4v) is 1.95. The molecule has 1 rings (SSSR count). The molecule has 0 aliphatic heterocycles. The average Bonchev–Trinajstić information content (AvgIpc) is 2.39. The number of esters is 1. The van der Waals surface area contributed by atoms with Gasteiger partial charge in [0.25, 0.3) is 0 Å². The van der Waals surface area contributed by atoms with Crippen molar-refractivity contribution in [2.75, 3.05) is 19.0 Å². The summed E-state index contributed by atoms with van der Waals surface area (Å²) in [6, 6.07) is 1.77. The second kappa shape index (κ2) is 7.31. The molecule has 1 aromatic rings. The quantitative estimate of drug-likeness (QED) is 0.644. The number of rotatable bonds is 5. The first-order valence-corrected chi connectivity index (χ1v) is 6.34. The summed E-state index contributed by atoms with van der Waals surface area (Å²) in [5, 5.41) is 4.96. The molecule has 1 aromatic carbocycles. The van der Waals surface area contributed by atoms with Crippen molar-refractivity contribution in [3.05, 3.63) is 28.0 Å². The molecule has 1 unspecified atom stereocenters. The zero-order chi connectivity index (χ0) is 15.3. The zero-order valence-corrected chi connectivity index (χ0v) is 12.3. The highest BCUT2D eigenvalue weighted by Gasteiger charge is 2.20. The van der Waals surface area contributed by atoms with Crippen LogP contribution in [0.15, 0.2) is 12.1 Å². The second-order valence-corrected chi connectivity index (χ2v) is 4.73. The van der Waals surface area contributed by atoms with E-state index in [1.807, 2.05) is 0 Å². The Kier molecular flexibility index (Phi) is 6.04. The highest BCUT2D eigenvalue weighted by atomic mass is 35.5. The van der Waals surface area contributed by atoms with E-state index in [0.29, 0.717) is 5.69 Å². The summed E-state index contributed by atoms with van der Waals surface area (Å²) in [6.45, 7) is 1.33. The first-order valence-electron chi connectivity index (χ1n) is 5.58. The van der Waals surface area contributed by atoms with Gasteiger partial charge in [0.1, 0.15) is 6.04 Å². The minimum absolute atomic E-state index is 0.0462. The maximum atomic E-state index is 13.2. The molecule has 0 aromatic heterocycles. The van der Waals surface area contributed by atoms with Crippen LogP contribution in [-0.2, 0) is 14.3 Å². The van der Waals surface area contributed by atoms with Gasteiger partial charge < -0.3 is 15.4 Å². The lowest BCUT2D eigenvalue weighted by atomic mass is 10.2. The monoisotopic (exact) mass is 322 g/mol. The lowest BCUT2D eigenvalue weighted by molar-refractivity contribution is -0.144. The number of amides is 1. The first-order chi connectivity index (χ1) is 9.35. The van der Waals surface area contributed by atoms with Crippen molar-refractivity contribution in [2.45, 2.75) is 13.0 Å². The molecule has 0 aliphatic rings. The van der Waals surface area contributed by atoms with Crippen LogP contribution >= 0.6 is 23.2 Å². The van der Waals surface area contributed by atoms with Gasteiger partial charge in [-0.15, -0.1) is 0 Å². The van der Waals surface area contributed by atoms with Crippen molar-refractivity contribution in [3.63, 3.8) is 0 Å². The lowest BCUT2D eigenvalue weighted by Crippen LogP contribution is -2.45. The van der Waals surface area contributed by atoms with E-state index in [1.54, 1.807) is 0 Å². The van der Waals surface area contributed by atoms with Crippen LogP contribution in [0.1, 0.15) is 6.92 Å². The lowest BCUT2D eigenvalue weighted by Gasteiger charge is -2.17. The molecule has 8 heteroatoms. The summed E-state index contributed by atoms with van der Waals surface area (Å²) >= 11 is 11.3. The van der Waals surface area contributed by atoms with Crippen LogP contribution < -0.4 is 10.6 Å². The Hall–Kier alpha value is -1.53. The summed E-state index contributed by atoms with van der Waals surface area (Å²) in [6.07, 6.45) is 0. The molecule has 2 N–H and O–H groups in total. The van der Waals surface area contributed by atoms with Gasteiger partial charge in [-0.05, 0) is 12.1 Å². The zero-order valence-electron chi connectivity index (χ0n) is 10.8. The predicted molar refractivity (Wildman–Crippen MR) is 74.5 cm³/mol. The molecule has 1 atom stereocenters. The highest BCUT2D eigenvalue weighted by Crippen LogP contribution is 2.27. The Morgan fingerprint density at radius 1 is 1.35 bits per heavy atom. The van der Waals surface area contributed by atoms with E-state index in [1.165, 1.54) is 26.2 Å². The summed E-state index contributed by atoms with van der Waals surface area (Å²) in [5.74, 6) is -1.70. The number of nitrogens with one attached hydrogen (secondary N) is 2. The molecule has 0 radical (unpaired) electrons. The number of carbonyl (C=O) groups is 2. The predicted octanol–water partition coefficient (Wildman–Crippen LogP) is 2.22. The summed E-state index contributed by atoms with van der Waals surface area (Å²) in [4.78, 5) is 22.5. The Bertz CT molecular complexity index is 502. The molecule has 0 saturated heterocycles. The molecule has 110 valence electrons. The summed E-state index contributed by atoms with van der Waals surface area (Å²) in [5.41, 5.74) is 0.417. The van der Waals surface area contributed by atoms with Crippen LogP contribution in [-0.4, -0.2) is 31.6 Å². The van der Waals surface area contributed by atoms with Gasteiger partial charge >= 0.3 is 5.97 Å². The molecule has 1 amide bonds. The topological polar surface area (TPSA) is 67.4 Å². The van der Waals surface area contributed by atoms with Crippen molar-refractivity contribution < 1.29 is 18.7 Å². The van der Waals surface area contributed by atoms with Crippen LogP contribution in [0.5, 0.6) is 0 Å². The fourth-order valence-electron chi connectivity index (χ4n) is 1.46. The van der Waals surface area contributed by atoms with Gasteiger partial charge in [-0.1, -0.05) is 23.2 Å². The van der Waals surface area contributed by atoms with E-state index in [4.69, 9.17) is 23.2 Å². The Balaban J connectivity index is 2.77. The van der Waals surface area contributed by atoms with Gasteiger partial charge in [-0.25, -0.2) is 9.18 Å². The minimum atomic E-state index is -0.875. The van der Waals surface area contributed by atoms with Crippen molar-refractivity contribution in [1.29, 1.82) is 0 Å². The number of ether oxygens (including phenoxy) is 1. The fraction of sp³-hybridized carbons (Fsp3) is 0.333. The highest BCUT2D eigenvalue weighted by molar-refractivity contribution is 6.35. The number of carbonyl (C=O) groups excluding carboxylic acids is 2. The minimum Gasteiger partial charge on any atom is -0.467 e. The standard InChI is InChI=1S/C12H13Cl2FN2O3/c1-6(18)17-10(12(19)20-2)5-16-7-3-8(13)11(15)9(14)4-7/h3-4,10,16H,5H2,1-2H3,(H,17,18). The molecular weight excluding hydrogens is 310 g/mol. The van der Waals surface area contributed by atoms with Crippen LogP contribution in [0.3, 0.4) is 0 Å². The van der Waals surface area contributed by atoms with Gasteiger partial charge in [-0.2, -0.15) is 0 Å². The van der Waals surface area contributed by atoms with Crippen molar-refractivity contribution >= 4 is 40.8 Å². The smallest absolute Gasteiger partial charge is 0.330 e. The van der Waals surface area contributed by atoms with E-state index >= 15 is 0 Å². The molecule has 0 fully saturated rings. The number of hydrogen-bond donors (Lipinski definition) is 2. The largest absolute Gasteiger partial charge is 0.467 e. The molecule has 0 heterocycles. The van der Waals surface area contributed by atoms with Crippen LogP contribution in [0.4, 0.5) is 10.1 Å². The van der Waals surface area contributed by atoms with E-state index in [0.717, 1.165) is 0 Å². The molecule has 0 saturated carbocycles. The Labute approximate surface area is 125 Å². The normalized spacial score (nSPS) is 11.7. The number of benzene rings is 1.